The Bertz CT molecular complexity index is 993. The molecule has 1 aromatic heterocycles. The molecule has 1 heterocycles. The molecule has 0 radical (unpaired) electrons. The van der Waals surface area contributed by atoms with Crippen LogP contribution < -0.4 is 11.1 Å². The number of hydrogen-bond donors (Lipinski definition) is 2. The highest BCUT2D eigenvalue weighted by atomic mass is 32.1. The van der Waals surface area contributed by atoms with Gasteiger partial charge in [-0.2, -0.15) is 5.26 Å². The summed E-state index contributed by atoms with van der Waals surface area (Å²) in [6.45, 7) is 0. The van der Waals surface area contributed by atoms with Crippen molar-refractivity contribution in [1.82, 2.24) is 4.98 Å². The Morgan fingerprint density at radius 2 is 1.92 bits per heavy atom. The van der Waals surface area contributed by atoms with E-state index in [4.69, 9.17) is 11.0 Å². The molecule has 25 heavy (non-hydrogen) atoms. The van der Waals surface area contributed by atoms with Gasteiger partial charge in [0.1, 0.15) is 22.3 Å². The monoisotopic (exact) mass is 356 g/mol. The lowest BCUT2D eigenvalue weighted by atomic mass is 10.1. The zero-order valence-corrected chi connectivity index (χ0v) is 13.4. The molecule has 0 bridgehead atoms. The zero-order valence-electron chi connectivity index (χ0n) is 12.6. The third-order valence-corrected chi connectivity index (χ3v) is 4.28. The highest BCUT2D eigenvalue weighted by Crippen LogP contribution is 2.30. The maximum atomic E-state index is 14.0. The van der Waals surface area contributed by atoms with Crippen molar-refractivity contribution in [2.45, 2.75) is 0 Å². The number of carbonyl (C=O) groups is 1. The molecular formula is C17H10F2N4OS. The fourth-order valence-corrected chi connectivity index (χ4v) is 2.95. The molecule has 0 spiro atoms. The zero-order chi connectivity index (χ0) is 18.0. The van der Waals surface area contributed by atoms with E-state index < -0.39 is 11.6 Å². The molecule has 0 fully saturated rings. The van der Waals surface area contributed by atoms with Crippen molar-refractivity contribution in [3.05, 3.63) is 70.1 Å². The highest BCUT2D eigenvalue weighted by Gasteiger charge is 2.21. The van der Waals surface area contributed by atoms with Gasteiger partial charge in [-0.1, -0.05) is 11.3 Å². The van der Waals surface area contributed by atoms with Crippen molar-refractivity contribution in [1.29, 1.82) is 5.26 Å². The number of thiazole rings is 1. The first-order valence-corrected chi connectivity index (χ1v) is 7.83. The lowest BCUT2D eigenvalue weighted by Gasteiger charge is -2.02. The minimum Gasteiger partial charge on any atom is -0.382 e. The molecule has 124 valence electrons. The Labute approximate surface area is 145 Å². The topological polar surface area (TPSA) is 91.8 Å². The van der Waals surface area contributed by atoms with E-state index in [1.165, 1.54) is 36.4 Å². The van der Waals surface area contributed by atoms with E-state index in [1.54, 1.807) is 6.07 Å². The van der Waals surface area contributed by atoms with Gasteiger partial charge in [0.05, 0.1) is 17.2 Å². The van der Waals surface area contributed by atoms with Crippen LogP contribution in [0.5, 0.6) is 0 Å². The first-order chi connectivity index (χ1) is 12.0. The normalized spacial score (nSPS) is 10.3. The van der Waals surface area contributed by atoms with E-state index in [1.807, 2.05) is 0 Å². The lowest BCUT2D eigenvalue weighted by molar-refractivity contribution is 0.103. The number of rotatable bonds is 4. The smallest absolute Gasteiger partial charge is 0.209 e. The SMILES string of the molecule is N#Cc1ccc(C(=O)c2sc(Nc3ccc(F)cc3)nc2N)c(F)c1. The van der Waals surface area contributed by atoms with Crippen LogP contribution in [0.3, 0.4) is 0 Å². The summed E-state index contributed by atoms with van der Waals surface area (Å²) in [7, 11) is 0. The second-order valence-electron chi connectivity index (χ2n) is 5.00. The summed E-state index contributed by atoms with van der Waals surface area (Å²) in [6, 6.07) is 10.9. The third-order valence-electron chi connectivity index (χ3n) is 3.30. The number of nitrogens with two attached hydrogens (primary N) is 1. The van der Waals surface area contributed by atoms with Gasteiger partial charge in [-0.25, -0.2) is 13.8 Å². The number of aromatic nitrogens is 1. The molecule has 3 N–H and O–H groups in total. The maximum absolute atomic E-state index is 14.0. The number of anilines is 3. The summed E-state index contributed by atoms with van der Waals surface area (Å²) in [4.78, 5) is 16.6. The molecule has 2 aromatic carbocycles. The van der Waals surface area contributed by atoms with Crippen LogP contribution in [0.4, 0.5) is 25.4 Å². The van der Waals surface area contributed by atoms with Crippen LogP contribution in [0.1, 0.15) is 20.8 Å². The van der Waals surface area contributed by atoms with E-state index in [0.29, 0.717) is 10.8 Å². The molecule has 3 rings (SSSR count). The first kappa shape index (κ1) is 16.5. The summed E-state index contributed by atoms with van der Waals surface area (Å²) in [5, 5.41) is 12.0. The van der Waals surface area contributed by atoms with Crippen molar-refractivity contribution < 1.29 is 13.6 Å². The number of carbonyl (C=O) groups excluding carboxylic acids is 1. The number of nitrogens with one attached hydrogen (secondary N) is 1. The highest BCUT2D eigenvalue weighted by molar-refractivity contribution is 7.18. The first-order valence-electron chi connectivity index (χ1n) is 7.01. The molecule has 0 unspecified atom stereocenters. The van der Waals surface area contributed by atoms with E-state index in [-0.39, 0.29) is 27.6 Å². The number of hydrogen-bond acceptors (Lipinski definition) is 6. The third kappa shape index (κ3) is 3.46. The average Bonchev–Trinajstić information content (AvgIpc) is 2.96. The van der Waals surface area contributed by atoms with Crippen LogP contribution in [0, 0.1) is 23.0 Å². The quantitative estimate of drug-likeness (QED) is 0.693. The van der Waals surface area contributed by atoms with Gasteiger partial charge in [0.25, 0.3) is 0 Å². The summed E-state index contributed by atoms with van der Waals surface area (Å²) in [5.41, 5.74) is 6.26. The Morgan fingerprint density at radius 3 is 2.56 bits per heavy atom. The van der Waals surface area contributed by atoms with E-state index in [0.717, 1.165) is 17.4 Å². The number of ketones is 1. The minimum absolute atomic E-state index is 0.0385. The molecule has 0 amide bonds. The molecular weight excluding hydrogens is 346 g/mol. The summed E-state index contributed by atoms with van der Waals surface area (Å²) in [5.74, 6) is -1.84. The van der Waals surface area contributed by atoms with Crippen molar-refractivity contribution >= 4 is 33.8 Å². The van der Waals surface area contributed by atoms with Crippen LogP contribution in [-0.2, 0) is 0 Å². The van der Waals surface area contributed by atoms with Gasteiger partial charge >= 0.3 is 0 Å². The lowest BCUT2D eigenvalue weighted by Crippen LogP contribution is -2.05. The average molecular weight is 356 g/mol. The number of halogens is 2. The molecule has 3 aromatic rings. The fraction of sp³-hybridized carbons (Fsp3) is 0. The predicted octanol–water partition coefficient (Wildman–Crippen LogP) is 3.85. The number of benzene rings is 2. The van der Waals surface area contributed by atoms with Crippen LogP contribution >= 0.6 is 11.3 Å². The minimum atomic E-state index is -0.801. The molecule has 0 aliphatic rings. The summed E-state index contributed by atoms with van der Waals surface area (Å²) in [6.07, 6.45) is 0. The predicted molar refractivity (Wildman–Crippen MR) is 90.8 cm³/mol. The Kier molecular flexibility index (Phi) is 4.41. The van der Waals surface area contributed by atoms with Crippen molar-refractivity contribution in [3.8, 4) is 6.07 Å². The Balaban J connectivity index is 1.88. The van der Waals surface area contributed by atoms with Gasteiger partial charge in [0, 0.05) is 5.69 Å². The Morgan fingerprint density at radius 1 is 1.20 bits per heavy atom. The second kappa shape index (κ2) is 6.67. The molecule has 0 aliphatic heterocycles. The van der Waals surface area contributed by atoms with Crippen LogP contribution in [0.2, 0.25) is 0 Å². The number of nitriles is 1. The second-order valence-corrected chi connectivity index (χ2v) is 6.00. The van der Waals surface area contributed by atoms with E-state index in [2.05, 4.69) is 10.3 Å². The van der Waals surface area contributed by atoms with Gasteiger partial charge in [-0.15, -0.1) is 0 Å². The number of nitrogen functional groups attached to an aromatic ring is 1. The Hall–Kier alpha value is -3.31. The van der Waals surface area contributed by atoms with Crippen molar-refractivity contribution in [2.24, 2.45) is 0 Å². The van der Waals surface area contributed by atoms with Crippen LogP contribution in [0.25, 0.3) is 0 Å². The largest absolute Gasteiger partial charge is 0.382 e. The molecule has 0 saturated carbocycles. The standard InChI is InChI=1S/C17H10F2N4OS/c18-10-2-4-11(5-3-10)22-17-23-16(21)15(25-17)14(24)12-6-1-9(8-20)7-13(12)19/h1-7H,21H2,(H,22,23). The van der Waals surface area contributed by atoms with Gasteiger partial charge in [-0.05, 0) is 42.5 Å². The van der Waals surface area contributed by atoms with Crippen LogP contribution in [-0.4, -0.2) is 10.8 Å². The maximum Gasteiger partial charge on any atom is 0.209 e. The summed E-state index contributed by atoms with van der Waals surface area (Å²) < 4.78 is 26.9. The molecule has 5 nitrogen and oxygen atoms in total. The fourth-order valence-electron chi connectivity index (χ4n) is 2.10. The molecule has 0 atom stereocenters. The van der Waals surface area contributed by atoms with Crippen LogP contribution in [0.15, 0.2) is 42.5 Å². The molecule has 8 heteroatoms. The van der Waals surface area contributed by atoms with Gasteiger partial charge in [-0.3, -0.25) is 4.79 Å². The van der Waals surface area contributed by atoms with Crippen molar-refractivity contribution in [2.75, 3.05) is 11.1 Å². The van der Waals surface area contributed by atoms with Crippen molar-refractivity contribution in [3.63, 3.8) is 0 Å². The van der Waals surface area contributed by atoms with E-state index >= 15 is 0 Å². The molecule has 0 aliphatic carbocycles. The summed E-state index contributed by atoms with van der Waals surface area (Å²) >= 11 is 0.958. The van der Waals surface area contributed by atoms with E-state index in [9.17, 15) is 13.6 Å². The molecule has 0 saturated heterocycles. The van der Waals surface area contributed by atoms with Gasteiger partial charge in [0.15, 0.2) is 5.13 Å². The number of nitrogens with zero attached hydrogens (tertiary/aromatic N) is 2. The van der Waals surface area contributed by atoms with Gasteiger partial charge < -0.3 is 11.1 Å². The van der Waals surface area contributed by atoms with Gasteiger partial charge in [0.2, 0.25) is 5.78 Å².